The topological polar surface area (TPSA) is 15.3 Å². The van der Waals surface area contributed by atoms with Crippen molar-refractivity contribution in [2.75, 3.05) is 21.1 Å². The highest BCUT2D eigenvalue weighted by Crippen LogP contribution is 2.21. The van der Waals surface area contributed by atoms with Gasteiger partial charge in [-0.1, -0.05) is 19.1 Å². The minimum Gasteiger partial charge on any atom is -0.315 e. The van der Waals surface area contributed by atoms with Crippen LogP contribution in [0.3, 0.4) is 0 Å². The maximum absolute atomic E-state index is 4.08. The van der Waals surface area contributed by atoms with Gasteiger partial charge in [-0.05, 0) is 47.8 Å². The molecule has 0 aromatic carbocycles. The summed E-state index contributed by atoms with van der Waals surface area (Å²) < 4.78 is 0. The van der Waals surface area contributed by atoms with Crippen LogP contribution >= 0.6 is 0 Å². The number of nitrogens with zero attached hydrogens (tertiary/aromatic N) is 1. The lowest BCUT2D eigenvalue weighted by atomic mass is 9.88. The molecule has 2 heteroatoms. The van der Waals surface area contributed by atoms with E-state index in [1.54, 1.807) is 0 Å². The fourth-order valence-corrected chi connectivity index (χ4v) is 1.45. The van der Waals surface area contributed by atoms with Gasteiger partial charge >= 0.3 is 0 Å². The van der Waals surface area contributed by atoms with Gasteiger partial charge in [0.25, 0.3) is 0 Å². The molecule has 14 heavy (non-hydrogen) atoms. The SMILES string of the molecule is C=C(CC)CC(NC)C(C)(C)N(C)C. The summed E-state index contributed by atoms with van der Waals surface area (Å²) in [5.41, 5.74) is 1.48. The first-order valence-electron chi connectivity index (χ1n) is 5.37. The predicted octanol–water partition coefficient (Wildman–Crippen LogP) is 2.27. The summed E-state index contributed by atoms with van der Waals surface area (Å²) in [4.78, 5) is 2.26. The summed E-state index contributed by atoms with van der Waals surface area (Å²) in [5.74, 6) is 0. The molecule has 1 N–H and O–H groups in total. The van der Waals surface area contributed by atoms with Gasteiger partial charge < -0.3 is 10.2 Å². The molecule has 1 atom stereocenters. The van der Waals surface area contributed by atoms with E-state index in [0.29, 0.717) is 6.04 Å². The molecule has 0 aliphatic carbocycles. The molecule has 0 saturated carbocycles. The lowest BCUT2D eigenvalue weighted by Gasteiger charge is -2.40. The van der Waals surface area contributed by atoms with Crippen LogP contribution in [0.4, 0.5) is 0 Å². The molecule has 1 unspecified atom stereocenters. The van der Waals surface area contributed by atoms with Crippen molar-refractivity contribution in [2.45, 2.75) is 45.2 Å². The molecule has 0 aliphatic rings. The lowest BCUT2D eigenvalue weighted by Crippen LogP contribution is -2.54. The quantitative estimate of drug-likeness (QED) is 0.659. The van der Waals surface area contributed by atoms with Crippen molar-refractivity contribution in [3.63, 3.8) is 0 Å². The van der Waals surface area contributed by atoms with E-state index < -0.39 is 0 Å². The van der Waals surface area contributed by atoms with E-state index in [-0.39, 0.29) is 5.54 Å². The maximum atomic E-state index is 4.08. The number of rotatable bonds is 6. The Bertz CT molecular complexity index is 183. The van der Waals surface area contributed by atoms with E-state index in [4.69, 9.17) is 0 Å². The van der Waals surface area contributed by atoms with Gasteiger partial charge in [0.15, 0.2) is 0 Å². The normalized spacial score (nSPS) is 14.5. The van der Waals surface area contributed by atoms with Gasteiger partial charge in [0.1, 0.15) is 0 Å². The Morgan fingerprint density at radius 1 is 1.43 bits per heavy atom. The Morgan fingerprint density at radius 3 is 2.21 bits per heavy atom. The molecule has 0 radical (unpaired) electrons. The molecule has 0 amide bonds. The smallest absolute Gasteiger partial charge is 0.0303 e. The maximum Gasteiger partial charge on any atom is 0.0303 e. The molecular weight excluding hydrogens is 172 g/mol. The highest BCUT2D eigenvalue weighted by molar-refractivity contribution is 5.02. The van der Waals surface area contributed by atoms with Crippen molar-refractivity contribution in [1.82, 2.24) is 10.2 Å². The molecule has 0 saturated heterocycles. The second-order valence-corrected chi connectivity index (χ2v) is 4.70. The minimum atomic E-state index is 0.160. The van der Waals surface area contributed by atoms with Gasteiger partial charge in [0.2, 0.25) is 0 Å². The number of hydrogen-bond donors (Lipinski definition) is 1. The van der Waals surface area contributed by atoms with Crippen molar-refractivity contribution in [3.8, 4) is 0 Å². The van der Waals surface area contributed by atoms with Gasteiger partial charge in [-0.25, -0.2) is 0 Å². The molecule has 0 rings (SSSR count). The molecule has 2 nitrogen and oxygen atoms in total. The summed E-state index contributed by atoms with van der Waals surface area (Å²) in [6, 6.07) is 0.463. The van der Waals surface area contributed by atoms with Crippen molar-refractivity contribution in [1.29, 1.82) is 0 Å². The van der Waals surface area contributed by atoms with Gasteiger partial charge in [-0.2, -0.15) is 0 Å². The second kappa shape index (κ2) is 5.52. The van der Waals surface area contributed by atoms with Crippen LogP contribution in [0.15, 0.2) is 12.2 Å². The van der Waals surface area contributed by atoms with Crippen molar-refractivity contribution >= 4 is 0 Å². The monoisotopic (exact) mass is 198 g/mol. The average molecular weight is 198 g/mol. The van der Waals surface area contributed by atoms with E-state index in [0.717, 1.165) is 12.8 Å². The molecule has 0 aromatic rings. The fraction of sp³-hybridized carbons (Fsp3) is 0.833. The van der Waals surface area contributed by atoms with Crippen LogP contribution in [0, 0.1) is 0 Å². The molecule has 0 bridgehead atoms. The molecule has 0 aliphatic heterocycles. The third-order valence-electron chi connectivity index (χ3n) is 3.35. The van der Waals surface area contributed by atoms with Gasteiger partial charge in [-0.3, -0.25) is 0 Å². The van der Waals surface area contributed by atoms with Crippen LogP contribution in [0.5, 0.6) is 0 Å². The summed E-state index contributed by atoms with van der Waals surface area (Å²) in [6.45, 7) is 10.8. The van der Waals surface area contributed by atoms with E-state index in [2.05, 4.69) is 51.7 Å². The molecule has 0 heterocycles. The Kier molecular flexibility index (Phi) is 5.38. The van der Waals surface area contributed by atoms with Crippen LogP contribution in [-0.2, 0) is 0 Å². The Morgan fingerprint density at radius 2 is 1.93 bits per heavy atom. The van der Waals surface area contributed by atoms with Crippen LogP contribution in [0.2, 0.25) is 0 Å². The fourth-order valence-electron chi connectivity index (χ4n) is 1.45. The van der Waals surface area contributed by atoms with Crippen molar-refractivity contribution < 1.29 is 0 Å². The number of nitrogens with one attached hydrogen (secondary N) is 1. The number of likely N-dealkylation sites (N-methyl/N-ethyl adjacent to an activating group) is 2. The van der Waals surface area contributed by atoms with Gasteiger partial charge in [-0.15, -0.1) is 0 Å². The van der Waals surface area contributed by atoms with Gasteiger partial charge in [0, 0.05) is 11.6 Å². The minimum absolute atomic E-state index is 0.160. The van der Waals surface area contributed by atoms with E-state index in [1.807, 2.05) is 7.05 Å². The standard InChI is InChI=1S/C12H26N2/c1-8-10(2)9-11(13-5)12(3,4)14(6)7/h11,13H,2,8-9H2,1,3-7H3. The van der Waals surface area contributed by atoms with Crippen LogP contribution in [-0.4, -0.2) is 37.6 Å². The van der Waals surface area contributed by atoms with Crippen LogP contribution < -0.4 is 5.32 Å². The third kappa shape index (κ3) is 3.43. The zero-order valence-corrected chi connectivity index (χ0v) is 10.6. The highest BCUT2D eigenvalue weighted by Gasteiger charge is 2.30. The molecule has 0 fully saturated rings. The molecule has 84 valence electrons. The second-order valence-electron chi connectivity index (χ2n) is 4.70. The molecule has 0 spiro atoms. The van der Waals surface area contributed by atoms with E-state index in [9.17, 15) is 0 Å². The zero-order valence-electron chi connectivity index (χ0n) is 10.6. The Balaban J connectivity index is 4.47. The Labute approximate surface area is 89.4 Å². The average Bonchev–Trinajstić information content (AvgIpc) is 2.12. The van der Waals surface area contributed by atoms with Crippen LogP contribution in [0.25, 0.3) is 0 Å². The molecule has 0 aromatic heterocycles. The van der Waals surface area contributed by atoms with Crippen molar-refractivity contribution in [3.05, 3.63) is 12.2 Å². The van der Waals surface area contributed by atoms with Crippen molar-refractivity contribution in [2.24, 2.45) is 0 Å². The lowest BCUT2D eigenvalue weighted by molar-refractivity contribution is 0.141. The summed E-state index contributed by atoms with van der Waals surface area (Å²) >= 11 is 0. The summed E-state index contributed by atoms with van der Waals surface area (Å²) in [7, 11) is 6.27. The first kappa shape index (κ1) is 13.7. The van der Waals surface area contributed by atoms with E-state index >= 15 is 0 Å². The largest absolute Gasteiger partial charge is 0.315 e. The van der Waals surface area contributed by atoms with E-state index in [1.165, 1.54) is 5.57 Å². The third-order valence-corrected chi connectivity index (χ3v) is 3.35. The predicted molar refractivity (Wildman–Crippen MR) is 64.7 cm³/mol. The Hall–Kier alpha value is -0.340. The zero-order chi connectivity index (χ0) is 11.4. The highest BCUT2D eigenvalue weighted by atomic mass is 15.2. The first-order valence-corrected chi connectivity index (χ1v) is 5.37. The summed E-state index contributed by atoms with van der Waals surface area (Å²) in [5, 5.41) is 3.39. The van der Waals surface area contributed by atoms with Gasteiger partial charge in [0.05, 0.1) is 0 Å². The van der Waals surface area contributed by atoms with Crippen LogP contribution in [0.1, 0.15) is 33.6 Å². The molecular formula is C12H26N2. The first-order chi connectivity index (χ1) is 6.36. The summed E-state index contributed by atoms with van der Waals surface area (Å²) in [6.07, 6.45) is 2.12. The number of hydrogen-bond acceptors (Lipinski definition) is 2.